The number of hydrogen-bond donors (Lipinski definition) is 1. The zero-order valence-electron chi connectivity index (χ0n) is 9.84. The summed E-state index contributed by atoms with van der Waals surface area (Å²) in [6.45, 7) is 1.75. The number of nitro benzene ring substituents is 1. The molecule has 0 aliphatic carbocycles. The Kier molecular flexibility index (Phi) is 3.66. The van der Waals surface area contributed by atoms with E-state index in [9.17, 15) is 14.9 Å². The smallest absolute Gasteiger partial charge is 0.291 e. The molecule has 1 aromatic heterocycles. The van der Waals surface area contributed by atoms with Gasteiger partial charge in [-0.1, -0.05) is 6.07 Å². The van der Waals surface area contributed by atoms with Crippen LogP contribution in [0.4, 0.5) is 11.4 Å². The fraction of sp³-hybridized carbons (Fsp3) is 0.0833. The number of hydrogen-bond acceptors (Lipinski definition) is 4. The van der Waals surface area contributed by atoms with E-state index in [0.717, 1.165) is 5.56 Å². The molecule has 1 amide bonds. The number of benzene rings is 1. The second-order valence-electron chi connectivity index (χ2n) is 3.81. The summed E-state index contributed by atoms with van der Waals surface area (Å²) in [4.78, 5) is 22.0. The van der Waals surface area contributed by atoms with Crippen LogP contribution in [0.15, 0.2) is 39.4 Å². The SMILES string of the molecule is Cc1ccc([N+](=O)[O-])cc1NC(=O)c1ccc(Br)o1. The molecular formula is C12H9BrN2O4. The summed E-state index contributed by atoms with van der Waals surface area (Å²) in [7, 11) is 0. The van der Waals surface area contributed by atoms with Gasteiger partial charge in [0.2, 0.25) is 0 Å². The van der Waals surface area contributed by atoms with Crippen molar-refractivity contribution in [1.29, 1.82) is 0 Å². The molecule has 0 saturated carbocycles. The summed E-state index contributed by atoms with van der Waals surface area (Å²) >= 11 is 3.10. The van der Waals surface area contributed by atoms with Crippen LogP contribution >= 0.6 is 15.9 Å². The largest absolute Gasteiger partial charge is 0.444 e. The van der Waals surface area contributed by atoms with Crippen molar-refractivity contribution in [2.45, 2.75) is 6.92 Å². The molecule has 0 bridgehead atoms. The monoisotopic (exact) mass is 324 g/mol. The van der Waals surface area contributed by atoms with Crippen molar-refractivity contribution < 1.29 is 14.1 Å². The predicted octanol–water partition coefficient (Wildman–Crippen LogP) is 3.51. The number of amides is 1. The Labute approximate surface area is 116 Å². The van der Waals surface area contributed by atoms with E-state index < -0.39 is 10.8 Å². The van der Waals surface area contributed by atoms with Gasteiger partial charge in [0.1, 0.15) is 0 Å². The van der Waals surface area contributed by atoms with Crippen LogP contribution in [0, 0.1) is 17.0 Å². The number of carbonyl (C=O) groups is 1. The summed E-state index contributed by atoms with van der Waals surface area (Å²) in [5, 5.41) is 13.3. The quantitative estimate of drug-likeness (QED) is 0.691. The fourth-order valence-corrected chi connectivity index (χ4v) is 1.79. The number of nitro groups is 1. The average Bonchev–Trinajstić information content (AvgIpc) is 2.78. The van der Waals surface area contributed by atoms with Gasteiger partial charge in [0.25, 0.3) is 11.6 Å². The molecule has 0 spiro atoms. The lowest BCUT2D eigenvalue weighted by molar-refractivity contribution is -0.384. The highest BCUT2D eigenvalue weighted by Crippen LogP contribution is 2.23. The molecule has 0 unspecified atom stereocenters. The minimum atomic E-state index is -0.515. The van der Waals surface area contributed by atoms with E-state index in [1.165, 1.54) is 18.2 Å². The Morgan fingerprint density at radius 3 is 2.68 bits per heavy atom. The normalized spacial score (nSPS) is 10.2. The lowest BCUT2D eigenvalue weighted by Gasteiger charge is -2.06. The maximum atomic E-state index is 11.9. The van der Waals surface area contributed by atoms with Crippen molar-refractivity contribution in [3.8, 4) is 0 Å². The van der Waals surface area contributed by atoms with Crippen LogP contribution in [-0.2, 0) is 0 Å². The molecule has 0 fully saturated rings. The van der Waals surface area contributed by atoms with Gasteiger partial charge in [-0.25, -0.2) is 0 Å². The molecule has 19 heavy (non-hydrogen) atoms. The number of anilines is 1. The van der Waals surface area contributed by atoms with Crippen LogP contribution in [0.2, 0.25) is 0 Å². The molecule has 1 N–H and O–H groups in total. The second kappa shape index (κ2) is 5.23. The van der Waals surface area contributed by atoms with Crippen LogP contribution in [-0.4, -0.2) is 10.8 Å². The van der Waals surface area contributed by atoms with Crippen LogP contribution < -0.4 is 5.32 Å². The molecule has 2 rings (SSSR count). The highest BCUT2D eigenvalue weighted by Gasteiger charge is 2.14. The van der Waals surface area contributed by atoms with E-state index in [1.54, 1.807) is 19.1 Å². The molecule has 0 aliphatic rings. The van der Waals surface area contributed by atoms with Gasteiger partial charge < -0.3 is 9.73 Å². The third-order valence-corrected chi connectivity index (χ3v) is 2.90. The number of aryl methyl sites for hydroxylation is 1. The molecule has 0 aliphatic heterocycles. The third kappa shape index (κ3) is 3.00. The Morgan fingerprint density at radius 1 is 1.37 bits per heavy atom. The highest BCUT2D eigenvalue weighted by atomic mass is 79.9. The third-order valence-electron chi connectivity index (χ3n) is 2.48. The Bertz CT molecular complexity index is 651. The Morgan fingerprint density at radius 2 is 2.11 bits per heavy atom. The van der Waals surface area contributed by atoms with Gasteiger partial charge in [0.15, 0.2) is 10.4 Å². The first-order chi connectivity index (χ1) is 8.97. The van der Waals surface area contributed by atoms with Gasteiger partial charge in [-0.3, -0.25) is 14.9 Å². The number of nitrogens with one attached hydrogen (secondary N) is 1. The first-order valence-electron chi connectivity index (χ1n) is 5.29. The van der Waals surface area contributed by atoms with E-state index in [-0.39, 0.29) is 11.4 Å². The molecule has 1 aromatic carbocycles. The number of furan rings is 1. The van der Waals surface area contributed by atoms with Crippen LogP contribution in [0.25, 0.3) is 0 Å². The zero-order chi connectivity index (χ0) is 14.0. The van der Waals surface area contributed by atoms with E-state index >= 15 is 0 Å². The minimum absolute atomic E-state index is 0.0819. The van der Waals surface area contributed by atoms with E-state index in [0.29, 0.717) is 10.4 Å². The Balaban J connectivity index is 2.25. The molecule has 0 radical (unpaired) electrons. The summed E-state index contributed by atoms with van der Waals surface area (Å²) in [5.74, 6) is -0.341. The van der Waals surface area contributed by atoms with E-state index in [1.807, 2.05) is 0 Å². The number of non-ortho nitro benzene ring substituents is 1. The van der Waals surface area contributed by atoms with Gasteiger partial charge in [-0.05, 0) is 40.5 Å². The number of rotatable bonds is 3. The van der Waals surface area contributed by atoms with Crippen molar-refractivity contribution >= 4 is 33.2 Å². The zero-order valence-corrected chi connectivity index (χ0v) is 11.4. The molecule has 0 atom stereocenters. The molecule has 0 saturated heterocycles. The predicted molar refractivity (Wildman–Crippen MR) is 72.2 cm³/mol. The van der Waals surface area contributed by atoms with Crippen molar-refractivity contribution in [2.75, 3.05) is 5.32 Å². The first kappa shape index (κ1) is 13.3. The maximum Gasteiger partial charge on any atom is 0.291 e. The molecular weight excluding hydrogens is 316 g/mol. The lowest BCUT2D eigenvalue weighted by Crippen LogP contribution is -2.12. The summed E-state index contributed by atoms with van der Waals surface area (Å²) < 4.78 is 5.54. The highest BCUT2D eigenvalue weighted by molar-refractivity contribution is 9.10. The minimum Gasteiger partial charge on any atom is -0.444 e. The van der Waals surface area contributed by atoms with E-state index in [4.69, 9.17) is 4.42 Å². The molecule has 6 nitrogen and oxygen atoms in total. The molecule has 1 heterocycles. The first-order valence-corrected chi connectivity index (χ1v) is 6.08. The van der Waals surface area contributed by atoms with Gasteiger partial charge in [-0.2, -0.15) is 0 Å². The maximum absolute atomic E-state index is 11.9. The van der Waals surface area contributed by atoms with Crippen molar-refractivity contribution in [3.63, 3.8) is 0 Å². The summed E-state index contributed by atoms with van der Waals surface area (Å²) in [6.07, 6.45) is 0. The molecule has 2 aromatic rings. The average molecular weight is 325 g/mol. The van der Waals surface area contributed by atoms with E-state index in [2.05, 4.69) is 21.2 Å². The fourth-order valence-electron chi connectivity index (χ4n) is 1.48. The number of nitrogens with zero attached hydrogens (tertiary/aromatic N) is 1. The number of halogens is 1. The molecule has 98 valence electrons. The number of carbonyl (C=O) groups excluding carboxylic acids is 1. The summed E-state index contributed by atoms with van der Waals surface area (Å²) in [6, 6.07) is 7.37. The summed E-state index contributed by atoms with van der Waals surface area (Å²) in [5.41, 5.74) is 1.03. The van der Waals surface area contributed by atoms with Gasteiger partial charge in [0.05, 0.1) is 10.6 Å². The van der Waals surface area contributed by atoms with Crippen LogP contribution in [0.1, 0.15) is 16.1 Å². The van der Waals surface area contributed by atoms with Crippen molar-refractivity contribution in [1.82, 2.24) is 0 Å². The topological polar surface area (TPSA) is 85.4 Å². The second-order valence-corrected chi connectivity index (χ2v) is 4.60. The van der Waals surface area contributed by atoms with Crippen molar-refractivity contribution in [3.05, 3.63) is 56.4 Å². The van der Waals surface area contributed by atoms with Crippen LogP contribution in [0.3, 0.4) is 0 Å². The van der Waals surface area contributed by atoms with Gasteiger partial charge in [0, 0.05) is 12.1 Å². The van der Waals surface area contributed by atoms with Crippen molar-refractivity contribution in [2.24, 2.45) is 0 Å². The standard InChI is InChI=1S/C12H9BrN2O4/c1-7-2-3-8(15(17)18)6-9(7)14-12(16)10-4-5-11(13)19-10/h2-6H,1H3,(H,14,16). The van der Waals surface area contributed by atoms with Gasteiger partial charge in [-0.15, -0.1) is 0 Å². The van der Waals surface area contributed by atoms with Crippen LogP contribution in [0.5, 0.6) is 0 Å². The Hall–Kier alpha value is -2.15. The molecule has 7 heteroatoms. The lowest BCUT2D eigenvalue weighted by atomic mass is 10.2. The van der Waals surface area contributed by atoms with Gasteiger partial charge >= 0.3 is 0 Å².